The highest BCUT2D eigenvalue weighted by molar-refractivity contribution is 5.63. The lowest BCUT2D eigenvalue weighted by molar-refractivity contribution is 0.152. The van der Waals surface area contributed by atoms with Crippen molar-refractivity contribution in [3.05, 3.63) is 60.2 Å². The minimum atomic E-state index is 0.0740. The molecule has 0 aliphatic heterocycles. The molecule has 0 aromatic heterocycles. The van der Waals surface area contributed by atoms with Gasteiger partial charge >= 0.3 is 0 Å². The molecule has 20 heavy (non-hydrogen) atoms. The van der Waals surface area contributed by atoms with Crippen molar-refractivity contribution in [2.24, 2.45) is 11.7 Å². The lowest BCUT2D eigenvalue weighted by Gasteiger charge is -2.17. The Hall–Kier alpha value is -1.64. The maximum atomic E-state index is 6.26. The van der Waals surface area contributed by atoms with Crippen molar-refractivity contribution in [1.82, 2.24) is 0 Å². The van der Waals surface area contributed by atoms with Gasteiger partial charge in [-0.15, -0.1) is 0 Å². The molecule has 2 nitrogen and oxygen atoms in total. The summed E-state index contributed by atoms with van der Waals surface area (Å²) in [5, 5.41) is 0. The van der Waals surface area contributed by atoms with Gasteiger partial charge in [-0.05, 0) is 29.0 Å². The fourth-order valence-corrected chi connectivity index (χ4v) is 2.48. The van der Waals surface area contributed by atoms with Gasteiger partial charge in [0.05, 0.1) is 0 Å². The van der Waals surface area contributed by atoms with Gasteiger partial charge in [0.1, 0.15) is 0 Å². The lowest BCUT2D eigenvalue weighted by Crippen LogP contribution is -2.16. The van der Waals surface area contributed by atoms with Gasteiger partial charge in [0, 0.05) is 19.8 Å². The largest absolute Gasteiger partial charge is 0.384 e. The van der Waals surface area contributed by atoms with Gasteiger partial charge in [0.15, 0.2) is 0 Å². The maximum Gasteiger partial charge on any atom is 0.0488 e. The van der Waals surface area contributed by atoms with Gasteiger partial charge in [0.25, 0.3) is 0 Å². The summed E-state index contributed by atoms with van der Waals surface area (Å²) in [5.74, 6) is 0.476. The van der Waals surface area contributed by atoms with Crippen molar-refractivity contribution < 1.29 is 4.74 Å². The fraction of sp³-hybridized carbons (Fsp3) is 0.333. The summed E-state index contributed by atoms with van der Waals surface area (Å²) < 4.78 is 5.16. The summed E-state index contributed by atoms with van der Waals surface area (Å²) in [6, 6.07) is 19.0. The minimum Gasteiger partial charge on any atom is -0.384 e. The van der Waals surface area contributed by atoms with Gasteiger partial charge < -0.3 is 10.5 Å². The molecule has 0 radical (unpaired) electrons. The molecular formula is C18H23NO. The van der Waals surface area contributed by atoms with E-state index in [-0.39, 0.29) is 6.04 Å². The number of hydrogen-bond donors (Lipinski definition) is 1. The first kappa shape index (κ1) is 14.8. The maximum absolute atomic E-state index is 6.26. The van der Waals surface area contributed by atoms with Crippen LogP contribution >= 0.6 is 0 Å². The average Bonchev–Trinajstić information content (AvgIpc) is 2.48. The van der Waals surface area contributed by atoms with Gasteiger partial charge in [-0.2, -0.15) is 0 Å². The minimum absolute atomic E-state index is 0.0740. The second kappa shape index (κ2) is 7.22. The molecule has 2 aromatic rings. The first-order chi connectivity index (χ1) is 9.70. The third-order valence-electron chi connectivity index (χ3n) is 3.55. The van der Waals surface area contributed by atoms with E-state index in [1.54, 1.807) is 7.11 Å². The van der Waals surface area contributed by atoms with Crippen molar-refractivity contribution in [1.29, 1.82) is 0 Å². The summed E-state index contributed by atoms with van der Waals surface area (Å²) in [6.45, 7) is 2.93. The molecule has 2 N–H and O–H groups in total. The van der Waals surface area contributed by atoms with Crippen LogP contribution in [-0.2, 0) is 4.74 Å². The van der Waals surface area contributed by atoms with Crippen LogP contribution in [0.5, 0.6) is 0 Å². The Bertz CT molecular complexity index is 507. The lowest BCUT2D eigenvalue weighted by atomic mass is 9.95. The summed E-state index contributed by atoms with van der Waals surface area (Å²) in [7, 11) is 1.73. The molecule has 0 fully saturated rings. The Morgan fingerprint density at radius 1 is 0.950 bits per heavy atom. The molecule has 2 atom stereocenters. The number of ether oxygens (including phenoxy) is 1. The highest BCUT2D eigenvalue weighted by Gasteiger charge is 2.11. The zero-order valence-electron chi connectivity index (χ0n) is 12.3. The molecule has 0 amide bonds. The Morgan fingerprint density at radius 2 is 1.55 bits per heavy atom. The van der Waals surface area contributed by atoms with Gasteiger partial charge in [-0.25, -0.2) is 0 Å². The highest BCUT2D eigenvalue weighted by Crippen LogP contribution is 2.23. The van der Waals surface area contributed by atoms with E-state index in [2.05, 4.69) is 55.5 Å². The molecule has 0 heterocycles. The molecule has 2 unspecified atom stereocenters. The topological polar surface area (TPSA) is 35.2 Å². The zero-order chi connectivity index (χ0) is 14.4. The van der Waals surface area contributed by atoms with E-state index in [0.29, 0.717) is 5.92 Å². The standard InChI is InChI=1S/C18H23NO/c1-14(13-20-2)12-18(19)17-10-8-16(9-11-17)15-6-4-3-5-7-15/h3-11,14,18H,12-13,19H2,1-2H3. The van der Waals surface area contributed by atoms with Crippen LogP contribution in [-0.4, -0.2) is 13.7 Å². The highest BCUT2D eigenvalue weighted by atomic mass is 16.5. The van der Waals surface area contributed by atoms with E-state index in [4.69, 9.17) is 10.5 Å². The molecule has 0 spiro atoms. The summed E-state index contributed by atoms with van der Waals surface area (Å²) in [6.07, 6.45) is 0.943. The molecule has 0 saturated heterocycles. The predicted molar refractivity (Wildman–Crippen MR) is 84.5 cm³/mol. The molecule has 106 valence electrons. The van der Waals surface area contributed by atoms with E-state index < -0.39 is 0 Å². The van der Waals surface area contributed by atoms with Crippen LogP contribution in [0.1, 0.15) is 24.9 Å². The quantitative estimate of drug-likeness (QED) is 0.859. The van der Waals surface area contributed by atoms with Gasteiger partial charge in [0.2, 0.25) is 0 Å². The van der Waals surface area contributed by atoms with Crippen LogP contribution in [0.3, 0.4) is 0 Å². The number of methoxy groups -OCH3 is 1. The zero-order valence-corrected chi connectivity index (χ0v) is 12.3. The molecule has 0 bridgehead atoms. The third kappa shape index (κ3) is 3.92. The number of nitrogens with two attached hydrogens (primary N) is 1. The van der Waals surface area contributed by atoms with Crippen molar-refractivity contribution in [2.75, 3.05) is 13.7 Å². The van der Waals surface area contributed by atoms with Crippen LogP contribution in [0, 0.1) is 5.92 Å². The van der Waals surface area contributed by atoms with Gasteiger partial charge in [-0.3, -0.25) is 0 Å². The normalized spacial score (nSPS) is 13.9. The Kier molecular flexibility index (Phi) is 5.33. The first-order valence-corrected chi connectivity index (χ1v) is 7.10. The Balaban J connectivity index is 2.04. The molecule has 0 saturated carbocycles. The molecule has 2 rings (SSSR count). The molecule has 2 aromatic carbocycles. The summed E-state index contributed by atoms with van der Waals surface area (Å²) in [5.41, 5.74) is 9.91. The van der Waals surface area contributed by atoms with E-state index in [9.17, 15) is 0 Å². The van der Waals surface area contributed by atoms with Crippen molar-refractivity contribution in [3.63, 3.8) is 0 Å². The second-order valence-corrected chi connectivity index (χ2v) is 5.39. The molecule has 0 aliphatic carbocycles. The predicted octanol–water partition coefficient (Wildman–Crippen LogP) is 4.03. The SMILES string of the molecule is COCC(C)CC(N)c1ccc(-c2ccccc2)cc1. The Labute approximate surface area is 121 Å². The van der Waals surface area contributed by atoms with Crippen molar-refractivity contribution in [2.45, 2.75) is 19.4 Å². The van der Waals surface area contributed by atoms with Crippen LogP contribution in [0.25, 0.3) is 11.1 Å². The van der Waals surface area contributed by atoms with E-state index in [0.717, 1.165) is 13.0 Å². The van der Waals surface area contributed by atoms with Crippen molar-refractivity contribution >= 4 is 0 Å². The monoisotopic (exact) mass is 269 g/mol. The van der Waals surface area contributed by atoms with Crippen LogP contribution in [0.4, 0.5) is 0 Å². The third-order valence-corrected chi connectivity index (χ3v) is 3.55. The fourth-order valence-electron chi connectivity index (χ4n) is 2.48. The van der Waals surface area contributed by atoms with Crippen LogP contribution < -0.4 is 5.73 Å². The second-order valence-electron chi connectivity index (χ2n) is 5.39. The average molecular weight is 269 g/mol. The van der Waals surface area contributed by atoms with Crippen LogP contribution in [0.2, 0.25) is 0 Å². The molecule has 0 aliphatic rings. The smallest absolute Gasteiger partial charge is 0.0488 e. The molecular weight excluding hydrogens is 246 g/mol. The van der Waals surface area contributed by atoms with Gasteiger partial charge in [-0.1, -0.05) is 61.5 Å². The number of rotatable bonds is 6. The molecule has 2 heteroatoms. The summed E-state index contributed by atoms with van der Waals surface area (Å²) in [4.78, 5) is 0. The first-order valence-electron chi connectivity index (χ1n) is 7.10. The van der Waals surface area contributed by atoms with Crippen LogP contribution in [0.15, 0.2) is 54.6 Å². The number of benzene rings is 2. The number of hydrogen-bond acceptors (Lipinski definition) is 2. The summed E-state index contributed by atoms with van der Waals surface area (Å²) >= 11 is 0. The Morgan fingerprint density at radius 3 is 2.15 bits per heavy atom. The van der Waals surface area contributed by atoms with E-state index in [1.165, 1.54) is 16.7 Å². The van der Waals surface area contributed by atoms with Crippen molar-refractivity contribution in [3.8, 4) is 11.1 Å². The van der Waals surface area contributed by atoms with E-state index >= 15 is 0 Å². The van der Waals surface area contributed by atoms with E-state index in [1.807, 2.05) is 6.07 Å².